The van der Waals surface area contributed by atoms with Gasteiger partial charge >= 0.3 is 0 Å². The summed E-state index contributed by atoms with van der Waals surface area (Å²) >= 11 is 0. The minimum Gasteiger partial charge on any atom is -0.366 e. The lowest BCUT2D eigenvalue weighted by Gasteiger charge is -2.11. The van der Waals surface area contributed by atoms with Crippen LogP contribution in [0.25, 0.3) is 10.9 Å². The first kappa shape index (κ1) is 13.3. The molecule has 0 unspecified atom stereocenters. The van der Waals surface area contributed by atoms with Crippen molar-refractivity contribution in [3.63, 3.8) is 0 Å². The minimum atomic E-state index is 0.614. The minimum absolute atomic E-state index is 0.614. The lowest BCUT2D eigenvalue weighted by Crippen LogP contribution is -2.12. The first-order chi connectivity index (χ1) is 10.3. The highest BCUT2D eigenvalue weighted by Gasteiger charge is 2.07. The number of hydrogen-bond acceptors (Lipinski definition) is 6. The van der Waals surface area contributed by atoms with Crippen molar-refractivity contribution in [2.75, 3.05) is 10.7 Å². The average molecular weight is 280 g/mol. The van der Waals surface area contributed by atoms with Gasteiger partial charge in [0.25, 0.3) is 0 Å². The van der Waals surface area contributed by atoms with E-state index in [-0.39, 0.29) is 0 Å². The number of para-hydroxylation sites is 1. The van der Waals surface area contributed by atoms with Crippen molar-refractivity contribution < 1.29 is 0 Å². The van der Waals surface area contributed by atoms with Crippen LogP contribution in [0.1, 0.15) is 11.1 Å². The van der Waals surface area contributed by atoms with Gasteiger partial charge in [-0.15, -0.1) is 0 Å². The second-order valence-electron chi connectivity index (χ2n) is 4.69. The summed E-state index contributed by atoms with van der Waals surface area (Å²) in [6, 6.07) is 10.1. The Morgan fingerprint density at radius 1 is 1.05 bits per heavy atom. The number of fused-ring (bicyclic) bond motifs is 1. The molecule has 6 heteroatoms. The van der Waals surface area contributed by atoms with Crippen molar-refractivity contribution in [3.05, 3.63) is 54.0 Å². The molecule has 2 aromatic heterocycles. The molecule has 0 radical (unpaired) electrons. The van der Waals surface area contributed by atoms with Gasteiger partial charge in [0.15, 0.2) is 0 Å². The van der Waals surface area contributed by atoms with Gasteiger partial charge in [-0.25, -0.2) is 15.8 Å². The van der Waals surface area contributed by atoms with Gasteiger partial charge in [-0.05, 0) is 18.6 Å². The third-order valence-electron chi connectivity index (χ3n) is 3.38. The van der Waals surface area contributed by atoms with Crippen molar-refractivity contribution >= 4 is 22.5 Å². The Bertz CT molecular complexity index is 766. The van der Waals surface area contributed by atoms with Gasteiger partial charge in [-0.3, -0.25) is 4.98 Å². The molecule has 0 saturated carbocycles. The molecule has 0 bridgehead atoms. The molecule has 3 rings (SSSR count). The molecule has 3 aromatic rings. The summed E-state index contributed by atoms with van der Waals surface area (Å²) in [7, 11) is 0. The number of rotatable bonds is 4. The SMILES string of the molecule is Cc1c(NN)ncnc1NCc1cccc2cccnc12. The van der Waals surface area contributed by atoms with E-state index in [9.17, 15) is 0 Å². The molecule has 2 heterocycles. The van der Waals surface area contributed by atoms with Crippen molar-refractivity contribution in [1.82, 2.24) is 15.0 Å². The Morgan fingerprint density at radius 2 is 1.86 bits per heavy atom. The molecule has 0 aliphatic rings. The molecule has 0 fully saturated rings. The standard InChI is InChI=1S/C15H16N6/c1-10-14(19-9-20-15(10)21-16)18-8-12-5-2-4-11-6-3-7-17-13(11)12/h2-7,9H,8,16H2,1H3,(H2,18,19,20,21). The van der Waals surface area contributed by atoms with Crippen molar-refractivity contribution in [3.8, 4) is 0 Å². The number of nitrogen functional groups attached to an aromatic ring is 1. The predicted octanol–water partition coefficient (Wildman–Crippen LogP) is 2.23. The summed E-state index contributed by atoms with van der Waals surface area (Å²) in [6.45, 7) is 2.55. The topological polar surface area (TPSA) is 88.8 Å². The molecule has 0 aliphatic heterocycles. The quantitative estimate of drug-likeness (QED) is 0.501. The van der Waals surface area contributed by atoms with Crippen molar-refractivity contribution in [2.45, 2.75) is 13.5 Å². The first-order valence-electron chi connectivity index (χ1n) is 6.64. The van der Waals surface area contributed by atoms with Gasteiger partial charge in [0.1, 0.15) is 18.0 Å². The lowest BCUT2D eigenvalue weighted by atomic mass is 10.1. The molecule has 4 N–H and O–H groups in total. The fraction of sp³-hybridized carbons (Fsp3) is 0.133. The normalized spacial score (nSPS) is 10.6. The zero-order valence-corrected chi connectivity index (χ0v) is 11.7. The Hall–Kier alpha value is -2.73. The van der Waals surface area contributed by atoms with E-state index in [1.807, 2.05) is 19.1 Å². The van der Waals surface area contributed by atoms with Crippen LogP contribution in [0.4, 0.5) is 11.6 Å². The molecule has 0 atom stereocenters. The predicted molar refractivity (Wildman–Crippen MR) is 83.6 cm³/mol. The fourth-order valence-corrected chi connectivity index (χ4v) is 2.26. The summed E-state index contributed by atoms with van der Waals surface area (Å²) in [5.74, 6) is 6.79. The molecule has 0 spiro atoms. The summed E-state index contributed by atoms with van der Waals surface area (Å²) in [5.41, 5.74) is 5.56. The monoisotopic (exact) mass is 280 g/mol. The van der Waals surface area contributed by atoms with Crippen LogP contribution in [0.3, 0.4) is 0 Å². The van der Waals surface area contributed by atoms with Gasteiger partial charge in [-0.2, -0.15) is 0 Å². The zero-order valence-electron chi connectivity index (χ0n) is 11.7. The van der Waals surface area contributed by atoms with E-state index in [0.29, 0.717) is 12.4 Å². The van der Waals surface area contributed by atoms with Gasteiger partial charge in [-0.1, -0.05) is 24.3 Å². The second kappa shape index (κ2) is 5.72. The lowest BCUT2D eigenvalue weighted by molar-refractivity contribution is 1.05. The number of nitrogens with one attached hydrogen (secondary N) is 2. The highest BCUT2D eigenvalue weighted by Crippen LogP contribution is 2.20. The highest BCUT2D eigenvalue weighted by molar-refractivity contribution is 5.81. The fourth-order valence-electron chi connectivity index (χ4n) is 2.26. The van der Waals surface area contributed by atoms with Gasteiger partial charge in [0.05, 0.1) is 5.52 Å². The number of benzene rings is 1. The number of hydrogen-bond donors (Lipinski definition) is 3. The number of hydrazine groups is 1. The molecule has 0 amide bonds. The smallest absolute Gasteiger partial charge is 0.148 e. The van der Waals surface area contributed by atoms with Crippen LogP contribution in [0.15, 0.2) is 42.9 Å². The summed E-state index contributed by atoms with van der Waals surface area (Å²) in [5, 5.41) is 4.43. The van der Waals surface area contributed by atoms with E-state index in [4.69, 9.17) is 5.84 Å². The Kier molecular flexibility index (Phi) is 3.61. The number of nitrogens with two attached hydrogens (primary N) is 1. The van der Waals surface area contributed by atoms with Gasteiger partial charge in [0.2, 0.25) is 0 Å². The maximum absolute atomic E-state index is 5.42. The maximum atomic E-state index is 5.42. The molecule has 21 heavy (non-hydrogen) atoms. The van der Waals surface area contributed by atoms with E-state index in [1.165, 1.54) is 6.33 Å². The summed E-state index contributed by atoms with van der Waals surface area (Å²) < 4.78 is 0. The van der Waals surface area contributed by atoms with Crippen LogP contribution in [-0.2, 0) is 6.54 Å². The Balaban J connectivity index is 1.87. The summed E-state index contributed by atoms with van der Waals surface area (Å²) in [6.07, 6.45) is 3.28. The third kappa shape index (κ3) is 2.61. The molecule has 6 nitrogen and oxygen atoms in total. The number of pyridine rings is 1. The van der Waals surface area contributed by atoms with Crippen LogP contribution in [0, 0.1) is 6.92 Å². The molecule has 1 aromatic carbocycles. The number of anilines is 2. The van der Waals surface area contributed by atoms with E-state index in [0.717, 1.165) is 27.8 Å². The molecule has 106 valence electrons. The third-order valence-corrected chi connectivity index (χ3v) is 3.38. The van der Waals surface area contributed by atoms with Crippen LogP contribution < -0.4 is 16.6 Å². The van der Waals surface area contributed by atoms with Gasteiger partial charge < -0.3 is 10.7 Å². The molecular formula is C15H16N6. The zero-order chi connectivity index (χ0) is 14.7. The van der Waals surface area contributed by atoms with Crippen molar-refractivity contribution in [2.24, 2.45) is 5.84 Å². The Labute approximate surface area is 122 Å². The van der Waals surface area contributed by atoms with E-state index < -0.39 is 0 Å². The first-order valence-corrected chi connectivity index (χ1v) is 6.64. The van der Waals surface area contributed by atoms with Crippen LogP contribution >= 0.6 is 0 Å². The number of aromatic nitrogens is 3. The van der Waals surface area contributed by atoms with Crippen LogP contribution in [0.2, 0.25) is 0 Å². The van der Waals surface area contributed by atoms with Crippen LogP contribution in [0.5, 0.6) is 0 Å². The molecule has 0 aliphatic carbocycles. The molecule has 0 saturated heterocycles. The van der Waals surface area contributed by atoms with E-state index in [1.54, 1.807) is 6.20 Å². The molecular weight excluding hydrogens is 264 g/mol. The van der Waals surface area contributed by atoms with Crippen LogP contribution in [-0.4, -0.2) is 15.0 Å². The highest BCUT2D eigenvalue weighted by atomic mass is 15.3. The van der Waals surface area contributed by atoms with E-state index in [2.05, 4.69) is 43.9 Å². The van der Waals surface area contributed by atoms with E-state index >= 15 is 0 Å². The average Bonchev–Trinajstić information content (AvgIpc) is 2.54. The van der Waals surface area contributed by atoms with Crippen molar-refractivity contribution in [1.29, 1.82) is 0 Å². The summed E-state index contributed by atoms with van der Waals surface area (Å²) in [4.78, 5) is 12.8. The number of nitrogens with zero attached hydrogens (tertiary/aromatic N) is 3. The Morgan fingerprint density at radius 3 is 2.71 bits per heavy atom. The maximum Gasteiger partial charge on any atom is 0.148 e. The van der Waals surface area contributed by atoms with Gasteiger partial charge in [0, 0.05) is 23.7 Å². The largest absolute Gasteiger partial charge is 0.366 e. The second-order valence-corrected chi connectivity index (χ2v) is 4.69.